The van der Waals surface area contributed by atoms with Gasteiger partial charge >= 0.3 is 12.1 Å². The zero-order chi connectivity index (χ0) is 20.6. The minimum absolute atomic E-state index is 0.174. The van der Waals surface area contributed by atoms with Crippen molar-refractivity contribution in [3.63, 3.8) is 0 Å². The summed E-state index contributed by atoms with van der Waals surface area (Å²) in [5.41, 5.74) is 8.35. The molecular formula is C22H37N3O2. The van der Waals surface area contributed by atoms with Gasteiger partial charge in [-0.3, -0.25) is 0 Å². The molecular weight excluding hydrogens is 338 g/mol. The molecule has 0 saturated heterocycles. The minimum atomic E-state index is -0.715. The smallest absolute Gasteiger partial charge is 0.332 e. The van der Waals surface area contributed by atoms with Gasteiger partial charge in [-0.1, -0.05) is 72.6 Å². The Morgan fingerprint density at radius 2 is 1.37 bits per heavy atom. The monoisotopic (exact) mass is 375 g/mol. The van der Waals surface area contributed by atoms with Crippen LogP contribution in [0, 0.1) is 0 Å². The van der Waals surface area contributed by atoms with Crippen LogP contribution >= 0.6 is 0 Å². The fourth-order valence-electron chi connectivity index (χ4n) is 3.21. The molecule has 0 aliphatic rings. The highest BCUT2D eigenvalue weighted by Gasteiger charge is 2.31. The number of rotatable bonds is 9. The van der Waals surface area contributed by atoms with Gasteiger partial charge in [-0.25, -0.2) is 14.5 Å². The van der Waals surface area contributed by atoms with Crippen LogP contribution in [0.5, 0.6) is 0 Å². The molecule has 0 heterocycles. The Labute approximate surface area is 164 Å². The van der Waals surface area contributed by atoms with E-state index in [4.69, 9.17) is 5.73 Å². The molecule has 1 aromatic carbocycles. The molecule has 0 aromatic heterocycles. The molecule has 0 aliphatic carbocycles. The highest BCUT2D eigenvalue weighted by Crippen LogP contribution is 2.36. The highest BCUT2D eigenvalue weighted by atomic mass is 16.2. The summed E-state index contributed by atoms with van der Waals surface area (Å²) in [4.78, 5) is 28.8. The molecule has 1 aromatic rings. The Morgan fingerprint density at radius 1 is 0.926 bits per heavy atom. The maximum Gasteiger partial charge on any atom is 0.332 e. The van der Waals surface area contributed by atoms with Crippen LogP contribution in [0.4, 0.5) is 15.3 Å². The summed E-state index contributed by atoms with van der Waals surface area (Å²) in [7, 11) is 0. The first-order chi connectivity index (χ1) is 12.8. The van der Waals surface area contributed by atoms with Gasteiger partial charge in [-0.05, 0) is 35.8 Å². The summed E-state index contributed by atoms with van der Waals surface area (Å²) in [5, 5.41) is 0. The number of carbonyl (C=O) groups is 2. The molecule has 0 radical (unpaired) electrons. The van der Waals surface area contributed by atoms with Crippen LogP contribution in [0.1, 0.15) is 90.2 Å². The van der Waals surface area contributed by atoms with Gasteiger partial charge in [0.15, 0.2) is 0 Å². The fraction of sp³-hybridized carbons (Fsp3) is 0.636. The number of hydrogen-bond acceptors (Lipinski definition) is 2. The van der Waals surface area contributed by atoms with E-state index in [0.29, 0.717) is 18.8 Å². The van der Waals surface area contributed by atoms with Gasteiger partial charge in [0.25, 0.3) is 0 Å². The third-order valence-corrected chi connectivity index (χ3v) is 4.81. The van der Waals surface area contributed by atoms with Crippen molar-refractivity contribution in [2.45, 2.75) is 79.1 Å². The molecule has 2 N–H and O–H groups in total. The van der Waals surface area contributed by atoms with Crippen LogP contribution < -0.4 is 10.6 Å². The minimum Gasteiger partial charge on any atom is -0.351 e. The molecule has 0 unspecified atom stereocenters. The van der Waals surface area contributed by atoms with Gasteiger partial charge in [-0.2, -0.15) is 0 Å². The second-order valence-electron chi connectivity index (χ2n) is 7.74. The zero-order valence-electron chi connectivity index (χ0n) is 17.9. The lowest BCUT2D eigenvalue weighted by molar-refractivity contribution is 0.201. The van der Waals surface area contributed by atoms with Crippen molar-refractivity contribution in [3.05, 3.63) is 29.3 Å². The molecule has 0 fully saturated rings. The number of benzene rings is 1. The Hall–Kier alpha value is -2.04. The molecule has 0 bridgehead atoms. The van der Waals surface area contributed by atoms with E-state index in [1.807, 2.05) is 18.2 Å². The maximum atomic E-state index is 13.4. The van der Waals surface area contributed by atoms with Crippen molar-refractivity contribution in [3.8, 4) is 0 Å². The average molecular weight is 376 g/mol. The van der Waals surface area contributed by atoms with Crippen LogP contribution in [-0.2, 0) is 0 Å². The van der Waals surface area contributed by atoms with Crippen LogP contribution in [-0.4, -0.2) is 30.1 Å². The quantitative estimate of drug-likeness (QED) is 0.589. The van der Waals surface area contributed by atoms with E-state index in [1.54, 1.807) is 4.90 Å². The lowest BCUT2D eigenvalue weighted by atomic mass is 9.92. The molecule has 5 nitrogen and oxygen atoms in total. The number of amides is 4. The number of hydrogen-bond donors (Lipinski definition) is 1. The number of nitrogens with zero attached hydrogens (tertiary/aromatic N) is 2. The third-order valence-electron chi connectivity index (χ3n) is 4.81. The Kier molecular flexibility index (Phi) is 9.33. The molecule has 0 atom stereocenters. The standard InChI is InChI=1S/C22H37N3O2/c1-7-9-14-24(15-10-8-2)22(27)25(21(23)26)20-18(16(3)4)12-11-13-19(20)17(5)6/h11-13,16-17H,7-10,14-15H2,1-6H3,(H2,23,26). The summed E-state index contributed by atoms with van der Waals surface area (Å²) >= 11 is 0. The summed E-state index contributed by atoms with van der Waals surface area (Å²) in [6.07, 6.45) is 3.80. The first-order valence-corrected chi connectivity index (χ1v) is 10.3. The summed E-state index contributed by atoms with van der Waals surface area (Å²) in [6, 6.07) is 4.94. The highest BCUT2D eigenvalue weighted by molar-refractivity contribution is 6.14. The summed E-state index contributed by atoms with van der Waals surface area (Å²) in [6.45, 7) is 13.7. The van der Waals surface area contributed by atoms with Gasteiger partial charge in [0.2, 0.25) is 0 Å². The Bertz CT molecular complexity index is 592. The van der Waals surface area contributed by atoms with Crippen LogP contribution in [0.3, 0.4) is 0 Å². The zero-order valence-corrected chi connectivity index (χ0v) is 17.9. The second-order valence-corrected chi connectivity index (χ2v) is 7.74. The van der Waals surface area contributed by atoms with E-state index in [-0.39, 0.29) is 17.9 Å². The van der Waals surface area contributed by atoms with E-state index in [1.165, 1.54) is 4.90 Å². The topological polar surface area (TPSA) is 66.6 Å². The number of primary amides is 1. The third kappa shape index (κ3) is 5.98. The number of carbonyl (C=O) groups excluding carboxylic acids is 2. The van der Waals surface area contributed by atoms with E-state index >= 15 is 0 Å². The molecule has 0 aliphatic heterocycles. The molecule has 5 heteroatoms. The Balaban J connectivity index is 3.46. The van der Waals surface area contributed by atoms with Crippen molar-refractivity contribution < 1.29 is 9.59 Å². The lowest BCUT2D eigenvalue weighted by Gasteiger charge is -2.32. The number of para-hydroxylation sites is 1. The van der Waals surface area contributed by atoms with Crippen LogP contribution in [0.15, 0.2) is 18.2 Å². The van der Waals surface area contributed by atoms with Gasteiger partial charge in [-0.15, -0.1) is 0 Å². The molecule has 152 valence electrons. The van der Waals surface area contributed by atoms with Crippen molar-refractivity contribution in [1.29, 1.82) is 0 Å². The average Bonchev–Trinajstić information content (AvgIpc) is 2.61. The first kappa shape index (κ1) is 23.0. The van der Waals surface area contributed by atoms with Crippen molar-refractivity contribution in [1.82, 2.24) is 4.90 Å². The molecule has 27 heavy (non-hydrogen) atoms. The fourth-order valence-corrected chi connectivity index (χ4v) is 3.21. The SMILES string of the molecule is CCCCN(CCCC)C(=O)N(C(N)=O)c1c(C(C)C)cccc1C(C)C. The number of imide groups is 1. The largest absolute Gasteiger partial charge is 0.351 e. The predicted octanol–water partition coefficient (Wildman–Crippen LogP) is 5.84. The number of anilines is 1. The maximum absolute atomic E-state index is 13.4. The number of urea groups is 2. The summed E-state index contributed by atoms with van der Waals surface area (Å²) < 4.78 is 0. The number of unbranched alkanes of at least 4 members (excludes halogenated alkanes) is 2. The molecule has 1 rings (SSSR count). The first-order valence-electron chi connectivity index (χ1n) is 10.3. The van der Waals surface area contributed by atoms with Crippen molar-refractivity contribution in [2.75, 3.05) is 18.0 Å². The van der Waals surface area contributed by atoms with Gasteiger partial charge in [0.1, 0.15) is 0 Å². The van der Waals surface area contributed by atoms with E-state index in [2.05, 4.69) is 41.5 Å². The van der Waals surface area contributed by atoms with Crippen LogP contribution in [0.25, 0.3) is 0 Å². The van der Waals surface area contributed by atoms with Gasteiger partial charge in [0, 0.05) is 13.1 Å². The van der Waals surface area contributed by atoms with E-state index in [9.17, 15) is 9.59 Å². The predicted molar refractivity (Wildman–Crippen MR) is 113 cm³/mol. The number of nitrogens with two attached hydrogens (primary N) is 1. The van der Waals surface area contributed by atoms with Crippen LogP contribution in [0.2, 0.25) is 0 Å². The molecule has 0 saturated carbocycles. The van der Waals surface area contributed by atoms with E-state index in [0.717, 1.165) is 36.8 Å². The second kappa shape index (κ2) is 11.0. The normalized spacial score (nSPS) is 11.1. The lowest BCUT2D eigenvalue weighted by Crippen LogP contribution is -2.50. The summed E-state index contributed by atoms with van der Waals surface area (Å²) in [5.74, 6) is 0.348. The van der Waals surface area contributed by atoms with Crippen molar-refractivity contribution >= 4 is 17.7 Å². The molecule has 0 spiro atoms. The van der Waals surface area contributed by atoms with Gasteiger partial charge in [0.05, 0.1) is 5.69 Å². The molecule has 4 amide bonds. The Morgan fingerprint density at radius 3 is 1.70 bits per heavy atom. The van der Waals surface area contributed by atoms with E-state index < -0.39 is 6.03 Å². The van der Waals surface area contributed by atoms with Crippen molar-refractivity contribution in [2.24, 2.45) is 5.73 Å². The van der Waals surface area contributed by atoms with Gasteiger partial charge < -0.3 is 10.6 Å².